The molecule has 21 heavy (non-hydrogen) atoms. The Morgan fingerprint density at radius 2 is 2.24 bits per heavy atom. The fourth-order valence-corrected chi connectivity index (χ4v) is 2.14. The summed E-state index contributed by atoms with van der Waals surface area (Å²) in [5.41, 5.74) is 2.60. The Morgan fingerprint density at radius 3 is 2.95 bits per heavy atom. The van der Waals surface area contributed by atoms with Gasteiger partial charge >= 0.3 is 5.97 Å². The highest BCUT2D eigenvalue weighted by Gasteiger charge is 2.05. The molecule has 0 aliphatic heterocycles. The minimum Gasteiger partial charge on any atom is -0.487 e. The second kappa shape index (κ2) is 7.04. The number of carbonyl (C=O) groups is 1. The molecule has 0 radical (unpaired) electrons. The van der Waals surface area contributed by atoms with Gasteiger partial charge in [-0.2, -0.15) is 0 Å². The van der Waals surface area contributed by atoms with Crippen molar-refractivity contribution in [3.8, 4) is 5.75 Å². The monoisotopic (exact) mass is 347 g/mol. The molecule has 0 aliphatic carbocycles. The summed E-state index contributed by atoms with van der Waals surface area (Å²) in [6.45, 7) is 2.31. The largest absolute Gasteiger partial charge is 0.487 e. The molecule has 0 saturated heterocycles. The molecule has 1 aromatic heterocycles. The third-order valence-corrected chi connectivity index (χ3v) is 3.35. The summed E-state index contributed by atoms with van der Waals surface area (Å²) in [6.07, 6.45) is 4.31. The van der Waals surface area contributed by atoms with Gasteiger partial charge in [0.1, 0.15) is 12.4 Å². The number of nitrogens with zero attached hydrogens (tertiary/aromatic N) is 1. The Bertz CT molecular complexity index is 683. The Kier molecular flexibility index (Phi) is 5.11. The van der Waals surface area contributed by atoms with Crippen LogP contribution < -0.4 is 4.74 Å². The minimum atomic E-state index is -0.999. The molecule has 0 aliphatic rings. The lowest BCUT2D eigenvalue weighted by Crippen LogP contribution is -2.01. The molecule has 0 atom stereocenters. The molecule has 5 heteroatoms. The zero-order valence-corrected chi connectivity index (χ0v) is 13.0. The number of aromatic nitrogens is 1. The summed E-state index contributed by atoms with van der Waals surface area (Å²) < 4.78 is 6.62. The van der Waals surface area contributed by atoms with Crippen molar-refractivity contribution in [1.29, 1.82) is 0 Å². The highest BCUT2D eigenvalue weighted by atomic mass is 79.9. The highest BCUT2D eigenvalue weighted by molar-refractivity contribution is 9.10. The molecule has 2 aromatic rings. The zero-order chi connectivity index (χ0) is 15.2. The molecule has 0 unspecified atom stereocenters. The number of ether oxygens (including phenoxy) is 1. The van der Waals surface area contributed by atoms with Gasteiger partial charge in [-0.25, -0.2) is 4.79 Å². The minimum absolute atomic E-state index is 0.336. The number of hydrogen-bond donors (Lipinski definition) is 1. The molecule has 0 saturated carbocycles. The van der Waals surface area contributed by atoms with Crippen LogP contribution in [0.3, 0.4) is 0 Å². The summed E-state index contributed by atoms with van der Waals surface area (Å²) in [5, 5.41) is 8.73. The summed E-state index contributed by atoms with van der Waals surface area (Å²) in [4.78, 5) is 14.9. The summed E-state index contributed by atoms with van der Waals surface area (Å²) in [7, 11) is 0. The van der Waals surface area contributed by atoms with Crippen molar-refractivity contribution in [2.45, 2.75) is 13.5 Å². The van der Waals surface area contributed by atoms with E-state index in [-0.39, 0.29) is 0 Å². The second-order valence-electron chi connectivity index (χ2n) is 4.41. The van der Waals surface area contributed by atoms with E-state index in [1.165, 1.54) is 6.08 Å². The Balaban J connectivity index is 2.20. The predicted octanol–water partition coefficient (Wildman–Crippen LogP) is 3.83. The molecule has 2 rings (SSSR count). The second-order valence-corrected chi connectivity index (χ2v) is 5.33. The van der Waals surface area contributed by atoms with Crippen molar-refractivity contribution in [3.63, 3.8) is 0 Å². The lowest BCUT2D eigenvalue weighted by atomic mass is 10.2. The number of carboxylic acids is 1. The van der Waals surface area contributed by atoms with Crippen molar-refractivity contribution in [2.75, 3.05) is 0 Å². The average Bonchev–Trinajstić information content (AvgIpc) is 2.45. The number of carboxylic acid groups (broad SMARTS) is 1. The van der Waals surface area contributed by atoms with Crippen LogP contribution in [-0.4, -0.2) is 16.1 Å². The van der Waals surface area contributed by atoms with E-state index in [1.807, 2.05) is 25.1 Å². The lowest BCUT2D eigenvalue weighted by molar-refractivity contribution is -0.131. The van der Waals surface area contributed by atoms with Crippen LogP contribution in [0.4, 0.5) is 0 Å². The van der Waals surface area contributed by atoms with Gasteiger partial charge < -0.3 is 9.84 Å². The first-order valence-corrected chi connectivity index (χ1v) is 7.09. The van der Waals surface area contributed by atoms with Gasteiger partial charge in [-0.3, -0.25) is 4.98 Å². The molecule has 1 N–H and O–H groups in total. The van der Waals surface area contributed by atoms with Crippen molar-refractivity contribution in [3.05, 3.63) is 63.9 Å². The maximum Gasteiger partial charge on any atom is 0.328 e. The summed E-state index contributed by atoms with van der Waals surface area (Å²) >= 11 is 3.36. The van der Waals surface area contributed by atoms with E-state index in [0.717, 1.165) is 21.8 Å². The van der Waals surface area contributed by atoms with Gasteiger partial charge in [0.15, 0.2) is 0 Å². The fourth-order valence-electron chi connectivity index (χ4n) is 1.76. The Labute approximate surface area is 131 Å². The van der Waals surface area contributed by atoms with Crippen LogP contribution >= 0.6 is 15.9 Å². The predicted molar refractivity (Wildman–Crippen MR) is 84.1 cm³/mol. The summed E-state index contributed by atoms with van der Waals surface area (Å²) in [6, 6.07) is 9.29. The van der Waals surface area contributed by atoms with E-state index >= 15 is 0 Å². The van der Waals surface area contributed by atoms with Gasteiger partial charge in [-0.15, -0.1) is 0 Å². The normalized spacial score (nSPS) is 10.8. The van der Waals surface area contributed by atoms with Gasteiger partial charge in [0.25, 0.3) is 0 Å². The number of halogens is 1. The third-order valence-electron chi connectivity index (χ3n) is 2.86. The smallest absolute Gasteiger partial charge is 0.328 e. The molecule has 1 heterocycles. The first-order chi connectivity index (χ1) is 10.1. The van der Waals surface area contributed by atoms with Gasteiger partial charge in [0.2, 0.25) is 0 Å². The van der Waals surface area contributed by atoms with Crippen molar-refractivity contribution < 1.29 is 14.6 Å². The van der Waals surface area contributed by atoms with Crippen LogP contribution in [0.5, 0.6) is 5.75 Å². The molecule has 4 nitrogen and oxygen atoms in total. The lowest BCUT2D eigenvalue weighted by Gasteiger charge is -2.10. The Hall–Kier alpha value is -2.14. The van der Waals surface area contributed by atoms with Gasteiger partial charge in [0.05, 0.1) is 5.69 Å². The van der Waals surface area contributed by atoms with Crippen molar-refractivity contribution in [1.82, 2.24) is 4.98 Å². The number of aryl methyl sites for hydroxylation is 1. The highest BCUT2D eigenvalue weighted by Crippen LogP contribution is 2.25. The Morgan fingerprint density at radius 1 is 1.43 bits per heavy atom. The van der Waals surface area contributed by atoms with Crippen LogP contribution in [0.25, 0.3) is 6.08 Å². The van der Waals surface area contributed by atoms with Crippen LogP contribution in [0.15, 0.2) is 47.1 Å². The van der Waals surface area contributed by atoms with Gasteiger partial charge in [-0.1, -0.05) is 22.0 Å². The molecular weight excluding hydrogens is 334 g/mol. The SMILES string of the molecule is Cc1cccnc1COc1ccc(Br)cc1/C=C/C(=O)O. The average molecular weight is 348 g/mol. The molecule has 0 fully saturated rings. The molecule has 108 valence electrons. The van der Waals surface area contributed by atoms with Crippen LogP contribution in [0.1, 0.15) is 16.8 Å². The molecular formula is C16H14BrNO3. The number of rotatable bonds is 5. The number of pyridine rings is 1. The molecule has 0 bridgehead atoms. The van der Waals surface area contributed by atoms with E-state index in [9.17, 15) is 4.79 Å². The van der Waals surface area contributed by atoms with Gasteiger partial charge in [0, 0.05) is 22.3 Å². The van der Waals surface area contributed by atoms with E-state index < -0.39 is 5.97 Å². The number of hydrogen-bond acceptors (Lipinski definition) is 3. The first kappa shape index (κ1) is 15.3. The molecule has 0 amide bonds. The number of aliphatic carboxylic acids is 1. The zero-order valence-electron chi connectivity index (χ0n) is 11.4. The van der Waals surface area contributed by atoms with Crippen molar-refractivity contribution >= 4 is 28.0 Å². The quantitative estimate of drug-likeness (QED) is 0.835. The molecule has 1 aromatic carbocycles. The third kappa shape index (κ3) is 4.43. The van der Waals surface area contributed by atoms with Crippen molar-refractivity contribution in [2.24, 2.45) is 0 Å². The van der Waals surface area contributed by atoms with Gasteiger partial charge in [-0.05, 0) is 42.8 Å². The number of benzene rings is 1. The fraction of sp³-hybridized carbons (Fsp3) is 0.125. The van der Waals surface area contributed by atoms with E-state index in [0.29, 0.717) is 17.9 Å². The van der Waals surface area contributed by atoms with Crippen LogP contribution in [0.2, 0.25) is 0 Å². The topological polar surface area (TPSA) is 59.4 Å². The summed E-state index contributed by atoms with van der Waals surface area (Å²) in [5.74, 6) is -0.387. The first-order valence-electron chi connectivity index (χ1n) is 6.30. The maximum atomic E-state index is 10.6. The van der Waals surface area contributed by atoms with E-state index in [1.54, 1.807) is 18.3 Å². The van der Waals surface area contributed by atoms with E-state index in [2.05, 4.69) is 20.9 Å². The van der Waals surface area contributed by atoms with E-state index in [4.69, 9.17) is 9.84 Å². The maximum absolute atomic E-state index is 10.6. The standard InChI is InChI=1S/C16H14BrNO3/c1-11-3-2-8-18-14(11)10-21-15-6-5-13(17)9-12(15)4-7-16(19)20/h2-9H,10H2,1H3,(H,19,20)/b7-4+. The van der Waals surface area contributed by atoms with Crippen LogP contribution in [0, 0.1) is 6.92 Å². The molecule has 0 spiro atoms. The van der Waals surface area contributed by atoms with Crippen LogP contribution in [-0.2, 0) is 11.4 Å².